The Bertz CT molecular complexity index is 584. The maximum atomic E-state index is 5.74. The van der Waals surface area contributed by atoms with Gasteiger partial charge in [0.1, 0.15) is 4.99 Å². The fourth-order valence-corrected chi connectivity index (χ4v) is 1.99. The highest BCUT2D eigenvalue weighted by Gasteiger charge is 2.12. The zero-order valence-electron chi connectivity index (χ0n) is 10.2. The summed E-state index contributed by atoms with van der Waals surface area (Å²) in [4.78, 5) is 0.394. The molecule has 0 bridgehead atoms. The van der Waals surface area contributed by atoms with Gasteiger partial charge in [-0.2, -0.15) is 5.10 Å². The maximum Gasteiger partial charge on any atom is 0.106 e. The summed E-state index contributed by atoms with van der Waals surface area (Å²) in [7, 11) is 0. The highest BCUT2D eigenvalue weighted by molar-refractivity contribution is 7.80. The van der Waals surface area contributed by atoms with E-state index in [0.717, 1.165) is 22.6 Å². The standard InChI is InChI=1S/C13H15N3S/c1-8-9(2)15-16(10(8)3)12-7-5-4-6-11(12)13(14)17/h4-7H,1-3H3,(H2,14,17). The number of thiocarbonyl (C=S) groups is 1. The maximum absolute atomic E-state index is 5.74. The molecule has 0 unspecified atom stereocenters. The minimum absolute atomic E-state index is 0.394. The fourth-order valence-electron chi connectivity index (χ4n) is 1.82. The van der Waals surface area contributed by atoms with Crippen molar-refractivity contribution < 1.29 is 0 Å². The van der Waals surface area contributed by atoms with E-state index >= 15 is 0 Å². The fraction of sp³-hybridized carbons (Fsp3) is 0.231. The predicted octanol–water partition coefficient (Wildman–Crippen LogP) is 2.43. The summed E-state index contributed by atoms with van der Waals surface area (Å²) in [6, 6.07) is 7.79. The Kier molecular flexibility index (Phi) is 2.98. The lowest BCUT2D eigenvalue weighted by atomic mass is 10.1. The summed E-state index contributed by atoms with van der Waals surface area (Å²) in [6.07, 6.45) is 0. The third-order valence-electron chi connectivity index (χ3n) is 3.05. The van der Waals surface area contributed by atoms with Crippen molar-refractivity contribution in [1.29, 1.82) is 0 Å². The molecule has 2 aromatic rings. The van der Waals surface area contributed by atoms with Crippen LogP contribution in [0.1, 0.15) is 22.5 Å². The quantitative estimate of drug-likeness (QED) is 0.826. The Balaban J connectivity index is 2.68. The van der Waals surface area contributed by atoms with Crippen LogP contribution in [0.2, 0.25) is 0 Å². The number of hydrogen-bond donors (Lipinski definition) is 1. The third kappa shape index (κ3) is 1.96. The van der Waals surface area contributed by atoms with Gasteiger partial charge in [0.05, 0.1) is 11.4 Å². The Labute approximate surface area is 106 Å². The molecule has 0 radical (unpaired) electrons. The first kappa shape index (κ1) is 11.8. The van der Waals surface area contributed by atoms with Gasteiger partial charge in [0.2, 0.25) is 0 Å². The predicted molar refractivity (Wildman–Crippen MR) is 73.7 cm³/mol. The lowest BCUT2D eigenvalue weighted by Gasteiger charge is -2.09. The van der Waals surface area contributed by atoms with Crippen LogP contribution in [-0.2, 0) is 0 Å². The summed E-state index contributed by atoms with van der Waals surface area (Å²) in [5.74, 6) is 0. The molecule has 0 saturated heterocycles. The van der Waals surface area contributed by atoms with Gasteiger partial charge in [-0.15, -0.1) is 0 Å². The molecule has 2 rings (SSSR count). The normalized spacial score (nSPS) is 10.5. The molecule has 0 atom stereocenters. The summed E-state index contributed by atoms with van der Waals surface area (Å²) in [6.45, 7) is 6.12. The van der Waals surface area contributed by atoms with E-state index < -0.39 is 0 Å². The van der Waals surface area contributed by atoms with Crippen LogP contribution in [0.15, 0.2) is 24.3 Å². The van der Waals surface area contributed by atoms with Crippen molar-refractivity contribution in [3.8, 4) is 5.69 Å². The van der Waals surface area contributed by atoms with E-state index in [1.54, 1.807) is 0 Å². The van der Waals surface area contributed by atoms with Crippen molar-refractivity contribution in [3.63, 3.8) is 0 Å². The highest BCUT2D eigenvalue weighted by atomic mass is 32.1. The molecule has 3 nitrogen and oxygen atoms in total. The molecule has 1 aromatic heterocycles. The number of aromatic nitrogens is 2. The van der Waals surface area contributed by atoms with Crippen molar-refractivity contribution in [2.24, 2.45) is 5.73 Å². The van der Waals surface area contributed by atoms with Gasteiger partial charge in [-0.3, -0.25) is 0 Å². The zero-order chi connectivity index (χ0) is 12.6. The number of hydrogen-bond acceptors (Lipinski definition) is 2. The first-order valence-corrected chi connectivity index (χ1v) is 5.85. The Morgan fingerprint density at radius 3 is 2.41 bits per heavy atom. The lowest BCUT2D eigenvalue weighted by Crippen LogP contribution is -2.14. The molecule has 0 aliphatic rings. The summed E-state index contributed by atoms with van der Waals surface area (Å²) >= 11 is 5.07. The average molecular weight is 245 g/mol. The molecule has 1 aromatic carbocycles. The van der Waals surface area contributed by atoms with Crippen LogP contribution in [-0.4, -0.2) is 14.8 Å². The van der Waals surface area contributed by atoms with Gasteiger partial charge < -0.3 is 5.73 Å². The second-order valence-corrected chi connectivity index (χ2v) is 4.53. The molecule has 0 fully saturated rings. The van der Waals surface area contributed by atoms with Gasteiger partial charge in [0.15, 0.2) is 0 Å². The van der Waals surface area contributed by atoms with Crippen molar-refractivity contribution in [3.05, 3.63) is 46.8 Å². The molecule has 0 amide bonds. The van der Waals surface area contributed by atoms with E-state index in [2.05, 4.69) is 12.0 Å². The van der Waals surface area contributed by atoms with Crippen LogP contribution >= 0.6 is 12.2 Å². The van der Waals surface area contributed by atoms with E-state index in [-0.39, 0.29) is 0 Å². The van der Waals surface area contributed by atoms with E-state index in [9.17, 15) is 0 Å². The molecule has 17 heavy (non-hydrogen) atoms. The zero-order valence-corrected chi connectivity index (χ0v) is 11.0. The average Bonchev–Trinajstić information content (AvgIpc) is 2.57. The molecular formula is C13H15N3S. The Morgan fingerprint density at radius 2 is 1.88 bits per heavy atom. The first-order chi connectivity index (χ1) is 8.02. The van der Waals surface area contributed by atoms with Crippen molar-refractivity contribution in [1.82, 2.24) is 9.78 Å². The van der Waals surface area contributed by atoms with Crippen LogP contribution < -0.4 is 5.73 Å². The van der Waals surface area contributed by atoms with E-state index in [4.69, 9.17) is 18.0 Å². The number of nitrogens with zero attached hydrogens (tertiary/aromatic N) is 2. The molecule has 1 heterocycles. The van der Waals surface area contributed by atoms with Crippen molar-refractivity contribution in [2.45, 2.75) is 20.8 Å². The van der Waals surface area contributed by atoms with Crippen LogP contribution in [0.5, 0.6) is 0 Å². The number of rotatable bonds is 2. The second kappa shape index (κ2) is 4.30. The molecule has 4 heteroatoms. The molecule has 0 aliphatic heterocycles. The van der Waals surface area contributed by atoms with Gasteiger partial charge in [-0.25, -0.2) is 4.68 Å². The number of benzene rings is 1. The van der Waals surface area contributed by atoms with E-state index in [0.29, 0.717) is 4.99 Å². The summed E-state index contributed by atoms with van der Waals surface area (Å²) in [5.41, 5.74) is 10.9. The van der Waals surface area contributed by atoms with Gasteiger partial charge >= 0.3 is 0 Å². The van der Waals surface area contributed by atoms with Gasteiger partial charge in [-0.1, -0.05) is 24.4 Å². The van der Waals surface area contributed by atoms with Gasteiger partial charge in [0, 0.05) is 11.3 Å². The highest BCUT2D eigenvalue weighted by Crippen LogP contribution is 2.19. The van der Waals surface area contributed by atoms with Crippen molar-refractivity contribution in [2.75, 3.05) is 0 Å². The minimum Gasteiger partial charge on any atom is -0.389 e. The van der Waals surface area contributed by atoms with Crippen LogP contribution in [0, 0.1) is 20.8 Å². The van der Waals surface area contributed by atoms with Gasteiger partial charge in [-0.05, 0) is 38.5 Å². The molecule has 2 N–H and O–H groups in total. The first-order valence-electron chi connectivity index (χ1n) is 5.44. The Hall–Kier alpha value is -1.68. The largest absolute Gasteiger partial charge is 0.389 e. The van der Waals surface area contributed by atoms with Crippen LogP contribution in [0.4, 0.5) is 0 Å². The van der Waals surface area contributed by atoms with Crippen LogP contribution in [0.25, 0.3) is 5.69 Å². The van der Waals surface area contributed by atoms with Gasteiger partial charge in [0.25, 0.3) is 0 Å². The molecular weight excluding hydrogens is 230 g/mol. The number of para-hydroxylation sites is 1. The number of nitrogens with two attached hydrogens (primary N) is 1. The topological polar surface area (TPSA) is 43.8 Å². The summed E-state index contributed by atoms with van der Waals surface area (Å²) in [5, 5.41) is 4.52. The molecule has 88 valence electrons. The summed E-state index contributed by atoms with van der Waals surface area (Å²) < 4.78 is 1.90. The lowest BCUT2D eigenvalue weighted by molar-refractivity contribution is 0.832. The van der Waals surface area contributed by atoms with Crippen LogP contribution in [0.3, 0.4) is 0 Å². The second-order valence-electron chi connectivity index (χ2n) is 4.09. The van der Waals surface area contributed by atoms with E-state index in [1.165, 1.54) is 5.56 Å². The molecule has 0 spiro atoms. The molecule has 0 aliphatic carbocycles. The minimum atomic E-state index is 0.394. The number of aryl methyl sites for hydroxylation is 1. The third-order valence-corrected chi connectivity index (χ3v) is 3.27. The Morgan fingerprint density at radius 1 is 1.24 bits per heavy atom. The van der Waals surface area contributed by atoms with E-state index in [1.807, 2.05) is 42.8 Å². The van der Waals surface area contributed by atoms with Crippen molar-refractivity contribution >= 4 is 17.2 Å². The molecule has 0 saturated carbocycles. The smallest absolute Gasteiger partial charge is 0.106 e. The monoisotopic (exact) mass is 245 g/mol. The SMILES string of the molecule is Cc1nn(-c2ccccc2C(N)=S)c(C)c1C.